The van der Waals surface area contributed by atoms with Gasteiger partial charge < -0.3 is 5.11 Å². The zero-order chi connectivity index (χ0) is 17.3. The van der Waals surface area contributed by atoms with Crippen LogP contribution in [0.1, 0.15) is 12.5 Å². The molecule has 0 fully saturated rings. The van der Waals surface area contributed by atoms with Gasteiger partial charge in [-0.15, -0.1) is 0 Å². The van der Waals surface area contributed by atoms with E-state index >= 15 is 0 Å². The lowest BCUT2D eigenvalue weighted by Gasteiger charge is -2.28. The molecule has 2 aromatic carbocycles. The summed E-state index contributed by atoms with van der Waals surface area (Å²) in [4.78, 5) is 0. The molecule has 2 aromatic rings. The molecular formula is C16H14Cl2F3NO. The SMILES string of the molecule is CC(O)(NCC(F)(F)F)c1cc(Cl)ccc1-c1ccc(Cl)cc1. The summed E-state index contributed by atoms with van der Waals surface area (Å²) in [6.45, 7) is -0.0730. The largest absolute Gasteiger partial charge is 0.401 e. The maximum Gasteiger partial charge on any atom is 0.401 e. The molecular weight excluding hydrogens is 350 g/mol. The van der Waals surface area contributed by atoms with Crippen molar-refractivity contribution in [3.8, 4) is 11.1 Å². The van der Waals surface area contributed by atoms with Crippen LogP contribution in [0.25, 0.3) is 11.1 Å². The van der Waals surface area contributed by atoms with E-state index in [-0.39, 0.29) is 5.56 Å². The van der Waals surface area contributed by atoms with E-state index in [4.69, 9.17) is 23.2 Å². The molecule has 2 nitrogen and oxygen atoms in total. The van der Waals surface area contributed by atoms with Crippen molar-refractivity contribution < 1.29 is 18.3 Å². The summed E-state index contributed by atoms with van der Waals surface area (Å²) in [5, 5.41) is 13.4. The van der Waals surface area contributed by atoms with Gasteiger partial charge in [-0.2, -0.15) is 13.2 Å². The Labute approximate surface area is 141 Å². The maximum atomic E-state index is 12.4. The van der Waals surface area contributed by atoms with Gasteiger partial charge in [-0.3, -0.25) is 5.32 Å². The Balaban J connectivity index is 2.44. The van der Waals surface area contributed by atoms with Crippen molar-refractivity contribution in [2.24, 2.45) is 0 Å². The fourth-order valence-corrected chi connectivity index (χ4v) is 2.47. The van der Waals surface area contributed by atoms with Crippen molar-refractivity contribution in [2.45, 2.75) is 18.8 Å². The van der Waals surface area contributed by atoms with Crippen LogP contribution in [0.3, 0.4) is 0 Å². The first-order chi connectivity index (χ1) is 10.6. The molecule has 2 N–H and O–H groups in total. The summed E-state index contributed by atoms with van der Waals surface area (Å²) in [5.41, 5.74) is -0.396. The molecule has 0 aliphatic carbocycles. The van der Waals surface area contributed by atoms with Crippen LogP contribution in [0.5, 0.6) is 0 Å². The molecule has 1 atom stereocenters. The fraction of sp³-hybridized carbons (Fsp3) is 0.250. The Morgan fingerprint density at radius 3 is 2.13 bits per heavy atom. The number of alkyl halides is 3. The molecule has 7 heteroatoms. The molecule has 0 bridgehead atoms. The van der Waals surface area contributed by atoms with Crippen LogP contribution in [0.2, 0.25) is 10.0 Å². The highest BCUT2D eigenvalue weighted by atomic mass is 35.5. The highest BCUT2D eigenvalue weighted by Crippen LogP contribution is 2.33. The summed E-state index contributed by atoms with van der Waals surface area (Å²) in [7, 11) is 0. The summed E-state index contributed by atoms with van der Waals surface area (Å²) in [6.07, 6.45) is -4.44. The Bertz CT molecular complexity index is 685. The van der Waals surface area contributed by atoms with Crippen LogP contribution < -0.4 is 5.32 Å². The Morgan fingerprint density at radius 2 is 1.57 bits per heavy atom. The highest BCUT2D eigenvalue weighted by Gasteiger charge is 2.33. The Morgan fingerprint density at radius 1 is 1.00 bits per heavy atom. The molecule has 23 heavy (non-hydrogen) atoms. The second kappa shape index (κ2) is 6.69. The number of aliphatic hydroxyl groups is 1. The Kier molecular flexibility index (Phi) is 5.26. The van der Waals surface area contributed by atoms with E-state index in [2.05, 4.69) is 5.32 Å². The first-order valence-electron chi connectivity index (χ1n) is 6.69. The molecule has 0 spiro atoms. The third kappa shape index (κ3) is 4.85. The molecule has 0 aliphatic heterocycles. The quantitative estimate of drug-likeness (QED) is 0.751. The molecule has 124 valence electrons. The maximum absolute atomic E-state index is 12.4. The second-order valence-corrected chi connectivity index (χ2v) is 6.11. The van der Waals surface area contributed by atoms with E-state index in [1.807, 2.05) is 0 Å². The molecule has 2 rings (SSSR count). The topological polar surface area (TPSA) is 32.3 Å². The predicted molar refractivity (Wildman–Crippen MR) is 85.5 cm³/mol. The molecule has 0 saturated heterocycles. The summed E-state index contributed by atoms with van der Waals surface area (Å²) >= 11 is 11.8. The van der Waals surface area contributed by atoms with Crippen LogP contribution in [0, 0.1) is 0 Å². The predicted octanol–water partition coefficient (Wildman–Crippen LogP) is 4.98. The van der Waals surface area contributed by atoms with Gasteiger partial charge in [0.05, 0.1) is 6.54 Å². The fourth-order valence-electron chi connectivity index (χ4n) is 2.17. The van der Waals surface area contributed by atoms with Gasteiger partial charge in [0.2, 0.25) is 0 Å². The van der Waals surface area contributed by atoms with Crippen molar-refractivity contribution >= 4 is 23.2 Å². The van der Waals surface area contributed by atoms with Crippen LogP contribution in [0.4, 0.5) is 13.2 Å². The summed E-state index contributed by atoms with van der Waals surface area (Å²) < 4.78 is 37.3. The van der Waals surface area contributed by atoms with Gasteiger partial charge in [0.1, 0.15) is 5.72 Å². The average molecular weight is 364 g/mol. The van der Waals surface area contributed by atoms with Crippen molar-refractivity contribution in [1.82, 2.24) is 5.32 Å². The third-order valence-electron chi connectivity index (χ3n) is 3.29. The van der Waals surface area contributed by atoms with E-state index in [0.29, 0.717) is 21.2 Å². The minimum atomic E-state index is -4.44. The number of nitrogens with one attached hydrogen (secondary N) is 1. The first-order valence-corrected chi connectivity index (χ1v) is 7.44. The van der Waals surface area contributed by atoms with Crippen molar-refractivity contribution in [3.63, 3.8) is 0 Å². The zero-order valence-corrected chi connectivity index (χ0v) is 13.6. The van der Waals surface area contributed by atoms with Gasteiger partial charge >= 0.3 is 6.18 Å². The van der Waals surface area contributed by atoms with Gasteiger partial charge in [0.25, 0.3) is 0 Å². The molecule has 0 heterocycles. The zero-order valence-electron chi connectivity index (χ0n) is 12.1. The van der Waals surface area contributed by atoms with Gasteiger partial charge in [0, 0.05) is 15.6 Å². The highest BCUT2D eigenvalue weighted by molar-refractivity contribution is 6.31. The van der Waals surface area contributed by atoms with Gasteiger partial charge in [0.15, 0.2) is 0 Å². The van der Waals surface area contributed by atoms with Crippen molar-refractivity contribution in [3.05, 3.63) is 58.1 Å². The van der Waals surface area contributed by atoms with Crippen molar-refractivity contribution in [1.29, 1.82) is 0 Å². The van der Waals surface area contributed by atoms with Crippen LogP contribution in [0.15, 0.2) is 42.5 Å². The molecule has 0 aromatic heterocycles. The van der Waals surface area contributed by atoms with Crippen LogP contribution in [-0.4, -0.2) is 17.8 Å². The number of benzene rings is 2. The number of halogens is 5. The molecule has 0 aliphatic rings. The van der Waals surface area contributed by atoms with Gasteiger partial charge in [-0.1, -0.05) is 41.4 Å². The lowest BCUT2D eigenvalue weighted by Crippen LogP contribution is -2.44. The number of hydrogen-bond donors (Lipinski definition) is 2. The van der Waals surface area contributed by atoms with E-state index < -0.39 is 18.4 Å². The van der Waals surface area contributed by atoms with E-state index in [1.54, 1.807) is 36.4 Å². The summed E-state index contributed by atoms with van der Waals surface area (Å²) in [6, 6.07) is 11.4. The number of rotatable bonds is 4. The standard InChI is InChI=1S/C16H14Cl2F3NO/c1-15(23,22-9-16(19,20)21)14-8-12(18)6-7-13(14)10-2-4-11(17)5-3-10/h2-8,22-23H,9H2,1H3. The lowest BCUT2D eigenvalue weighted by molar-refractivity contribution is -0.139. The normalized spacial score (nSPS) is 14.6. The minimum Gasteiger partial charge on any atom is -0.372 e. The lowest BCUT2D eigenvalue weighted by atomic mass is 9.93. The van der Waals surface area contributed by atoms with Crippen LogP contribution >= 0.6 is 23.2 Å². The molecule has 0 radical (unpaired) electrons. The summed E-state index contributed by atoms with van der Waals surface area (Å²) in [5.74, 6) is 0. The first kappa shape index (κ1) is 18.1. The average Bonchev–Trinajstić information content (AvgIpc) is 2.46. The third-order valence-corrected chi connectivity index (χ3v) is 3.78. The van der Waals surface area contributed by atoms with E-state index in [9.17, 15) is 18.3 Å². The van der Waals surface area contributed by atoms with E-state index in [0.717, 1.165) is 0 Å². The number of hydrogen-bond acceptors (Lipinski definition) is 2. The smallest absolute Gasteiger partial charge is 0.372 e. The van der Waals surface area contributed by atoms with Crippen molar-refractivity contribution in [2.75, 3.05) is 6.54 Å². The van der Waals surface area contributed by atoms with Crippen LogP contribution in [-0.2, 0) is 5.72 Å². The monoisotopic (exact) mass is 363 g/mol. The second-order valence-electron chi connectivity index (χ2n) is 5.24. The molecule has 0 saturated carbocycles. The van der Waals surface area contributed by atoms with E-state index in [1.165, 1.54) is 13.0 Å². The molecule has 1 unspecified atom stereocenters. The Hall–Kier alpha value is -1.27. The molecule has 0 amide bonds. The van der Waals surface area contributed by atoms with Gasteiger partial charge in [-0.05, 0) is 42.3 Å². The minimum absolute atomic E-state index is 0.247. The van der Waals surface area contributed by atoms with Gasteiger partial charge in [-0.25, -0.2) is 0 Å².